The molecule has 2 heterocycles. The molecular weight excluding hydrogens is 340 g/mol. The molecule has 0 saturated carbocycles. The van der Waals surface area contributed by atoms with Gasteiger partial charge in [0.05, 0.1) is 0 Å². The van der Waals surface area contributed by atoms with Gasteiger partial charge in [0.25, 0.3) is 0 Å². The van der Waals surface area contributed by atoms with Crippen LogP contribution in [0.5, 0.6) is 0 Å². The van der Waals surface area contributed by atoms with Crippen LogP contribution in [-0.4, -0.2) is 54.4 Å². The van der Waals surface area contributed by atoms with Crippen molar-refractivity contribution in [2.24, 2.45) is 0 Å². The molecule has 0 spiro atoms. The lowest BCUT2D eigenvalue weighted by atomic mass is 10.1. The maximum absolute atomic E-state index is 12.8. The molecule has 3 rings (SSSR count). The second-order valence-corrected chi connectivity index (χ2v) is 7.01. The Morgan fingerprint density at radius 1 is 1.04 bits per heavy atom. The van der Waals surface area contributed by atoms with Crippen LogP contribution in [0, 0.1) is 13.8 Å². The highest BCUT2D eigenvalue weighted by Gasteiger charge is 2.25. The lowest BCUT2D eigenvalue weighted by Crippen LogP contribution is -2.52. The average Bonchev–Trinajstić information content (AvgIpc) is 2.65. The molecule has 1 aromatic carbocycles. The van der Waals surface area contributed by atoms with Crippen LogP contribution >= 0.6 is 0 Å². The molecule has 2 aromatic rings. The zero-order valence-corrected chi connectivity index (χ0v) is 16.2. The number of hydrogen-bond donors (Lipinski definition) is 0. The minimum atomic E-state index is -0.125. The Labute approximate surface area is 160 Å². The normalized spacial score (nSPS) is 14.2. The summed E-state index contributed by atoms with van der Waals surface area (Å²) in [5, 5.41) is 0. The number of pyridine rings is 1. The Kier molecular flexibility index (Phi) is 5.74. The number of hydrogen-bond acceptors (Lipinski definition) is 4. The van der Waals surface area contributed by atoms with E-state index >= 15 is 0 Å². The summed E-state index contributed by atoms with van der Waals surface area (Å²) in [5.74, 6) is 0.788. The van der Waals surface area contributed by atoms with E-state index in [1.54, 1.807) is 11.1 Å². The molecule has 6 nitrogen and oxygen atoms in total. The first-order valence-electron chi connectivity index (χ1n) is 9.24. The predicted molar refractivity (Wildman–Crippen MR) is 107 cm³/mol. The summed E-state index contributed by atoms with van der Waals surface area (Å²) in [5.41, 5.74) is 2.93. The van der Waals surface area contributed by atoms with Crippen LogP contribution in [0.25, 0.3) is 0 Å². The van der Waals surface area contributed by atoms with Gasteiger partial charge in [0.1, 0.15) is 12.4 Å². The molecule has 0 atom stereocenters. The summed E-state index contributed by atoms with van der Waals surface area (Å²) in [6.07, 6.45) is 1.78. The summed E-state index contributed by atoms with van der Waals surface area (Å²) in [6.45, 7) is 8.31. The molecule has 1 saturated heterocycles. The molecule has 0 N–H and O–H groups in total. The molecule has 1 aliphatic rings. The van der Waals surface area contributed by atoms with Crippen molar-refractivity contribution in [3.63, 3.8) is 0 Å². The van der Waals surface area contributed by atoms with Gasteiger partial charge in [0, 0.05) is 45.0 Å². The number of aryl methyl sites for hydroxylation is 2. The van der Waals surface area contributed by atoms with Crippen molar-refractivity contribution in [1.82, 2.24) is 9.88 Å². The Morgan fingerprint density at radius 2 is 1.70 bits per heavy atom. The number of anilines is 2. The van der Waals surface area contributed by atoms with Crippen LogP contribution in [0.1, 0.15) is 18.1 Å². The van der Waals surface area contributed by atoms with Gasteiger partial charge in [0.15, 0.2) is 0 Å². The van der Waals surface area contributed by atoms with Crippen LogP contribution in [0.2, 0.25) is 0 Å². The van der Waals surface area contributed by atoms with E-state index in [0.717, 1.165) is 35.7 Å². The van der Waals surface area contributed by atoms with Crippen molar-refractivity contribution in [3.8, 4) is 0 Å². The minimum absolute atomic E-state index is 0.0231. The standard InChI is InChI=1S/C21H26N4O2/c1-16-12-17(2)14-19(13-16)25(18(3)26)15-21(27)24-10-8-23(9-11-24)20-6-4-5-7-22-20/h4-7,12-14H,8-11,15H2,1-3H3. The van der Waals surface area contributed by atoms with Gasteiger partial charge in [-0.2, -0.15) is 0 Å². The molecule has 27 heavy (non-hydrogen) atoms. The SMILES string of the molecule is CC(=O)N(CC(=O)N1CCN(c2ccccn2)CC1)c1cc(C)cc(C)c1. The van der Waals surface area contributed by atoms with Gasteiger partial charge in [-0.15, -0.1) is 0 Å². The Bertz CT molecular complexity index is 794. The summed E-state index contributed by atoms with van der Waals surface area (Å²) in [7, 11) is 0. The molecule has 142 valence electrons. The molecule has 1 fully saturated rings. The molecular formula is C21H26N4O2. The third-order valence-corrected chi connectivity index (χ3v) is 4.80. The fourth-order valence-electron chi connectivity index (χ4n) is 3.45. The minimum Gasteiger partial charge on any atom is -0.353 e. The summed E-state index contributed by atoms with van der Waals surface area (Å²) in [4.78, 5) is 34.9. The second kappa shape index (κ2) is 8.20. The first-order chi connectivity index (χ1) is 12.9. The van der Waals surface area contributed by atoms with E-state index in [9.17, 15) is 9.59 Å². The fraction of sp³-hybridized carbons (Fsp3) is 0.381. The lowest BCUT2D eigenvalue weighted by Gasteiger charge is -2.36. The van der Waals surface area contributed by atoms with E-state index in [-0.39, 0.29) is 18.4 Å². The summed E-state index contributed by atoms with van der Waals surface area (Å²) in [6, 6.07) is 11.8. The number of nitrogens with zero attached hydrogens (tertiary/aromatic N) is 4. The maximum atomic E-state index is 12.8. The zero-order valence-electron chi connectivity index (χ0n) is 16.2. The van der Waals surface area contributed by atoms with Crippen molar-refractivity contribution in [1.29, 1.82) is 0 Å². The number of piperazine rings is 1. The molecule has 1 aliphatic heterocycles. The Hall–Kier alpha value is -2.89. The van der Waals surface area contributed by atoms with Crippen LogP contribution in [0.4, 0.5) is 11.5 Å². The van der Waals surface area contributed by atoms with E-state index in [2.05, 4.69) is 16.0 Å². The molecule has 2 amide bonds. The lowest BCUT2D eigenvalue weighted by molar-refractivity contribution is -0.131. The Balaban J connectivity index is 1.64. The van der Waals surface area contributed by atoms with Gasteiger partial charge in [-0.3, -0.25) is 9.59 Å². The van der Waals surface area contributed by atoms with Crippen molar-refractivity contribution >= 4 is 23.3 Å². The highest BCUT2D eigenvalue weighted by atomic mass is 16.2. The number of aromatic nitrogens is 1. The smallest absolute Gasteiger partial charge is 0.242 e. The average molecular weight is 366 g/mol. The highest BCUT2D eigenvalue weighted by Crippen LogP contribution is 2.20. The van der Waals surface area contributed by atoms with Crippen LogP contribution in [0.3, 0.4) is 0 Å². The van der Waals surface area contributed by atoms with E-state index in [1.165, 1.54) is 6.92 Å². The van der Waals surface area contributed by atoms with Crippen molar-refractivity contribution in [2.45, 2.75) is 20.8 Å². The summed E-state index contributed by atoms with van der Waals surface area (Å²) >= 11 is 0. The predicted octanol–water partition coefficient (Wildman–Crippen LogP) is 2.40. The number of carbonyl (C=O) groups is 2. The topological polar surface area (TPSA) is 56.8 Å². The fourth-order valence-corrected chi connectivity index (χ4v) is 3.45. The van der Waals surface area contributed by atoms with E-state index in [0.29, 0.717) is 13.1 Å². The van der Waals surface area contributed by atoms with E-state index < -0.39 is 0 Å². The Morgan fingerprint density at radius 3 is 2.26 bits per heavy atom. The van der Waals surface area contributed by atoms with Crippen molar-refractivity contribution < 1.29 is 9.59 Å². The summed E-state index contributed by atoms with van der Waals surface area (Å²) < 4.78 is 0. The van der Waals surface area contributed by atoms with Gasteiger partial charge in [-0.1, -0.05) is 12.1 Å². The van der Waals surface area contributed by atoms with Crippen LogP contribution in [0.15, 0.2) is 42.6 Å². The largest absolute Gasteiger partial charge is 0.353 e. The molecule has 6 heteroatoms. The maximum Gasteiger partial charge on any atom is 0.242 e. The van der Waals surface area contributed by atoms with Crippen molar-refractivity contribution in [2.75, 3.05) is 42.5 Å². The quantitative estimate of drug-likeness (QED) is 0.834. The van der Waals surface area contributed by atoms with Crippen LogP contribution in [-0.2, 0) is 9.59 Å². The van der Waals surface area contributed by atoms with Crippen LogP contribution < -0.4 is 9.80 Å². The third kappa shape index (κ3) is 4.64. The number of carbonyl (C=O) groups excluding carboxylic acids is 2. The first-order valence-corrected chi connectivity index (χ1v) is 9.24. The molecule has 0 radical (unpaired) electrons. The first kappa shape index (κ1) is 18.9. The van der Waals surface area contributed by atoms with Gasteiger partial charge in [0.2, 0.25) is 11.8 Å². The number of benzene rings is 1. The molecule has 1 aromatic heterocycles. The number of amides is 2. The van der Waals surface area contributed by atoms with Crippen molar-refractivity contribution in [3.05, 3.63) is 53.7 Å². The monoisotopic (exact) mass is 366 g/mol. The molecule has 0 aliphatic carbocycles. The van der Waals surface area contributed by atoms with Gasteiger partial charge < -0.3 is 14.7 Å². The highest BCUT2D eigenvalue weighted by molar-refractivity contribution is 5.97. The van der Waals surface area contributed by atoms with Gasteiger partial charge in [-0.05, 0) is 49.2 Å². The zero-order chi connectivity index (χ0) is 19.4. The number of rotatable bonds is 4. The third-order valence-electron chi connectivity index (χ3n) is 4.80. The van der Waals surface area contributed by atoms with Gasteiger partial charge in [-0.25, -0.2) is 4.98 Å². The van der Waals surface area contributed by atoms with E-state index in [4.69, 9.17) is 0 Å². The molecule has 0 bridgehead atoms. The second-order valence-electron chi connectivity index (χ2n) is 7.01. The molecule has 0 unspecified atom stereocenters. The van der Waals surface area contributed by atoms with Gasteiger partial charge >= 0.3 is 0 Å². The van der Waals surface area contributed by atoms with E-state index in [1.807, 2.05) is 49.1 Å².